The van der Waals surface area contributed by atoms with E-state index in [4.69, 9.17) is 21.3 Å². The van der Waals surface area contributed by atoms with Crippen molar-refractivity contribution in [2.24, 2.45) is 0 Å². The Kier molecular flexibility index (Phi) is 5.00. The molecule has 0 amide bonds. The van der Waals surface area contributed by atoms with Crippen LogP contribution in [0, 0.1) is 6.92 Å². The van der Waals surface area contributed by atoms with Gasteiger partial charge in [0.15, 0.2) is 5.65 Å². The van der Waals surface area contributed by atoms with Crippen LogP contribution in [0.5, 0.6) is 0 Å². The van der Waals surface area contributed by atoms with Crippen molar-refractivity contribution >= 4 is 22.8 Å². The first-order valence-electron chi connectivity index (χ1n) is 7.06. The fourth-order valence-corrected chi connectivity index (χ4v) is 2.73. The number of halogens is 1. The first kappa shape index (κ1) is 15.3. The minimum absolute atomic E-state index is 0.153. The van der Waals surface area contributed by atoms with Crippen molar-refractivity contribution in [3.63, 3.8) is 0 Å². The third-order valence-electron chi connectivity index (χ3n) is 3.51. The summed E-state index contributed by atoms with van der Waals surface area (Å²) in [7, 11) is 1.73. The van der Waals surface area contributed by atoms with Crippen LogP contribution in [-0.4, -0.2) is 28.3 Å². The van der Waals surface area contributed by atoms with Crippen LogP contribution < -0.4 is 0 Å². The predicted molar refractivity (Wildman–Crippen MR) is 82.4 cm³/mol. The maximum atomic E-state index is 6.32. The van der Waals surface area contributed by atoms with Crippen LogP contribution in [0.25, 0.3) is 11.2 Å². The Morgan fingerprint density at radius 2 is 2.20 bits per heavy atom. The Morgan fingerprint density at radius 3 is 2.80 bits per heavy atom. The summed E-state index contributed by atoms with van der Waals surface area (Å²) >= 11 is 6.32. The van der Waals surface area contributed by atoms with E-state index in [1.807, 2.05) is 19.2 Å². The number of aromatic nitrogens is 3. The summed E-state index contributed by atoms with van der Waals surface area (Å²) in [5, 5.41) is -0.153. The summed E-state index contributed by atoms with van der Waals surface area (Å²) in [6, 6.07) is 2.20. The lowest BCUT2D eigenvalue weighted by atomic mass is 10.1. The summed E-state index contributed by atoms with van der Waals surface area (Å²) in [5.74, 6) is 0.874. The first-order valence-corrected chi connectivity index (χ1v) is 7.50. The summed E-state index contributed by atoms with van der Waals surface area (Å²) in [5.41, 5.74) is 2.97. The number of hydrogen-bond acceptors (Lipinski definition) is 3. The normalized spacial score (nSPS) is 14.7. The number of aryl methyl sites for hydroxylation is 1. The number of nitrogens with zero attached hydrogens (tertiary/aromatic N) is 3. The van der Waals surface area contributed by atoms with Crippen molar-refractivity contribution in [2.75, 3.05) is 13.7 Å². The molecule has 2 unspecified atom stereocenters. The third kappa shape index (κ3) is 2.81. The Bertz CT molecular complexity index is 574. The van der Waals surface area contributed by atoms with Crippen LogP contribution in [0.1, 0.15) is 49.5 Å². The molecule has 0 aromatic carbocycles. The molecule has 0 saturated carbocycles. The molecular formula is C15H22ClN3O. The SMILES string of the molecule is CCCC(COC)n1c(C(C)Cl)nc2c(C)ccnc21. The van der Waals surface area contributed by atoms with Gasteiger partial charge in [-0.1, -0.05) is 13.3 Å². The van der Waals surface area contributed by atoms with E-state index >= 15 is 0 Å². The topological polar surface area (TPSA) is 39.9 Å². The summed E-state index contributed by atoms with van der Waals surface area (Å²) in [4.78, 5) is 9.23. The molecule has 0 saturated heterocycles. The minimum atomic E-state index is -0.153. The van der Waals surface area contributed by atoms with Gasteiger partial charge < -0.3 is 9.30 Å². The predicted octanol–water partition coefficient (Wildman–Crippen LogP) is 4.03. The molecule has 4 nitrogen and oxygen atoms in total. The zero-order chi connectivity index (χ0) is 14.7. The summed E-state index contributed by atoms with van der Waals surface area (Å²) in [6.45, 7) is 6.81. The highest BCUT2D eigenvalue weighted by atomic mass is 35.5. The smallest absolute Gasteiger partial charge is 0.160 e. The molecule has 0 spiro atoms. The molecule has 2 heterocycles. The van der Waals surface area contributed by atoms with E-state index < -0.39 is 0 Å². The van der Waals surface area contributed by atoms with Gasteiger partial charge in [-0.2, -0.15) is 0 Å². The van der Waals surface area contributed by atoms with Gasteiger partial charge in [0.25, 0.3) is 0 Å². The van der Waals surface area contributed by atoms with Gasteiger partial charge >= 0.3 is 0 Å². The van der Waals surface area contributed by atoms with Crippen molar-refractivity contribution in [1.82, 2.24) is 14.5 Å². The number of hydrogen-bond donors (Lipinski definition) is 0. The first-order chi connectivity index (χ1) is 9.60. The van der Waals surface area contributed by atoms with Crippen molar-refractivity contribution in [3.8, 4) is 0 Å². The molecule has 0 aliphatic heterocycles. The molecule has 0 aliphatic carbocycles. The second kappa shape index (κ2) is 6.55. The molecule has 2 atom stereocenters. The average Bonchev–Trinajstić information content (AvgIpc) is 2.79. The van der Waals surface area contributed by atoms with Gasteiger partial charge in [0.1, 0.15) is 11.3 Å². The maximum Gasteiger partial charge on any atom is 0.160 e. The molecule has 2 rings (SSSR count). The van der Waals surface area contributed by atoms with Gasteiger partial charge in [-0.05, 0) is 31.9 Å². The Balaban J connectivity index is 2.63. The van der Waals surface area contributed by atoms with Crippen LogP contribution in [0.2, 0.25) is 0 Å². The Morgan fingerprint density at radius 1 is 1.45 bits per heavy atom. The molecule has 0 radical (unpaired) electrons. The fraction of sp³-hybridized carbons (Fsp3) is 0.600. The second-order valence-electron chi connectivity index (χ2n) is 5.15. The standard InChI is InChI=1S/C15H22ClN3O/c1-5-6-12(9-20-4)19-14(11(3)16)18-13-10(2)7-8-17-15(13)19/h7-8,11-12H,5-6,9H2,1-4H3. The lowest BCUT2D eigenvalue weighted by Crippen LogP contribution is -2.18. The highest BCUT2D eigenvalue weighted by Gasteiger charge is 2.22. The molecule has 0 bridgehead atoms. The minimum Gasteiger partial charge on any atom is -0.383 e. The van der Waals surface area contributed by atoms with Gasteiger partial charge in [0, 0.05) is 13.3 Å². The quantitative estimate of drug-likeness (QED) is 0.756. The lowest BCUT2D eigenvalue weighted by molar-refractivity contribution is 0.150. The number of fused-ring (bicyclic) bond motifs is 1. The number of ether oxygens (including phenoxy) is 1. The highest BCUT2D eigenvalue weighted by molar-refractivity contribution is 6.20. The molecular weight excluding hydrogens is 274 g/mol. The largest absolute Gasteiger partial charge is 0.383 e. The van der Waals surface area contributed by atoms with Crippen LogP contribution in [0.15, 0.2) is 12.3 Å². The number of imidazole rings is 1. The van der Waals surface area contributed by atoms with E-state index in [9.17, 15) is 0 Å². The summed E-state index contributed by atoms with van der Waals surface area (Å²) < 4.78 is 7.53. The molecule has 0 N–H and O–H groups in total. The van der Waals surface area contributed by atoms with Gasteiger partial charge in [-0.3, -0.25) is 0 Å². The highest BCUT2D eigenvalue weighted by Crippen LogP contribution is 2.30. The molecule has 2 aromatic rings. The second-order valence-corrected chi connectivity index (χ2v) is 5.81. The van der Waals surface area contributed by atoms with Crippen LogP contribution >= 0.6 is 11.6 Å². The monoisotopic (exact) mass is 295 g/mol. The molecule has 110 valence electrons. The zero-order valence-corrected chi connectivity index (χ0v) is 13.3. The van der Waals surface area contributed by atoms with Crippen molar-refractivity contribution < 1.29 is 4.74 Å². The van der Waals surface area contributed by atoms with E-state index in [-0.39, 0.29) is 11.4 Å². The summed E-state index contributed by atoms with van der Waals surface area (Å²) in [6.07, 6.45) is 3.93. The van der Waals surface area contributed by atoms with Crippen molar-refractivity contribution in [1.29, 1.82) is 0 Å². The third-order valence-corrected chi connectivity index (χ3v) is 3.71. The zero-order valence-electron chi connectivity index (χ0n) is 12.6. The molecule has 0 aliphatic rings. The van der Waals surface area contributed by atoms with E-state index in [1.165, 1.54) is 0 Å². The van der Waals surface area contributed by atoms with Crippen LogP contribution in [0.3, 0.4) is 0 Å². The van der Waals surface area contributed by atoms with E-state index in [1.54, 1.807) is 7.11 Å². The lowest BCUT2D eigenvalue weighted by Gasteiger charge is -2.21. The number of alkyl halides is 1. The van der Waals surface area contributed by atoms with Crippen LogP contribution in [-0.2, 0) is 4.74 Å². The molecule has 2 aromatic heterocycles. The van der Waals surface area contributed by atoms with Crippen LogP contribution in [0.4, 0.5) is 0 Å². The number of pyridine rings is 1. The van der Waals surface area contributed by atoms with E-state index in [0.717, 1.165) is 35.4 Å². The van der Waals surface area contributed by atoms with Gasteiger partial charge in [-0.25, -0.2) is 9.97 Å². The van der Waals surface area contributed by atoms with E-state index in [0.29, 0.717) is 6.61 Å². The molecule has 5 heteroatoms. The number of methoxy groups -OCH3 is 1. The maximum absolute atomic E-state index is 6.32. The Labute approximate surface area is 125 Å². The molecule has 0 fully saturated rings. The average molecular weight is 296 g/mol. The number of rotatable bonds is 6. The van der Waals surface area contributed by atoms with Crippen molar-refractivity contribution in [3.05, 3.63) is 23.7 Å². The van der Waals surface area contributed by atoms with Gasteiger partial charge in [0.2, 0.25) is 0 Å². The Hall–Kier alpha value is -1.13. The van der Waals surface area contributed by atoms with Gasteiger partial charge in [-0.15, -0.1) is 11.6 Å². The van der Waals surface area contributed by atoms with Crippen molar-refractivity contribution in [2.45, 2.75) is 45.0 Å². The molecule has 20 heavy (non-hydrogen) atoms. The fourth-order valence-electron chi connectivity index (χ4n) is 2.58. The van der Waals surface area contributed by atoms with Gasteiger partial charge in [0.05, 0.1) is 18.0 Å². The van der Waals surface area contributed by atoms with E-state index in [2.05, 4.69) is 23.4 Å².